The standard InChI is InChI=1S/C4H12NSi2.2C3H5.C2H5.Zr/c1-6(2)5-7(3)4;2*1-2-3-1;1-2;/h1-4H3;2*1H,2-3H2;1H2,2H3;/q4*-1;+4. The minimum Gasteiger partial charge on any atom is -0.673 e. The minimum absolute atomic E-state index is 0. The van der Waals surface area contributed by atoms with Gasteiger partial charge in [0.25, 0.3) is 0 Å². The van der Waals surface area contributed by atoms with Crippen LogP contribution in [0.1, 0.15) is 32.6 Å². The van der Waals surface area contributed by atoms with Crippen LogP contribution in [-0.2, 0) is 26.2 Å². The molecular weight excluding hydrogens is 306 g/mol. The molecule has 2 saturated carbocycles. The van der Waals surface area contributed by atoms with Crippen molar-refractivity contribution in [3.63, 3.8) is 0 Å². The van der Waals surface area contributed by atoms with Crippen LogP contribution < -0.4 is 0 Å². The molecule has 2 radical (unpaired) electrons. The van der Waals surface area contributed by atoms with Crippen molar-refractivity contribution < 1.29 is 26.2 Å². The van der Waals surface area contributed by atoms with Crippen molar-refractivity contribution >= 4 is 17.9 Å². The summed E-state index contributed by atoms with van der Waals surface area (Å²) in [5, 5.41) is 0. The van der Waals surface area contributed by atoms with Crippen LogP contribution in [0.4, 0.5) is 0 Å². The maximum absolute atomic E-state index is 4.48. The van der Waals surface area contributed by atoms with Crippen molar-refractivity contribution in [2.75, 3.05) is 0 Å². The van der Waals surface area contributed by atoms with Gasteiger partial charge in [0.05, 0.1) is 0 Å². The van der Waals surface area contributed by atoms with Gasteiger partial charge >= 0.3 is 26.2 Å². The Hall–Kier alpha value is 1.28. The summed E-state index contributed by atoms with van der Waals surface area (Å²) in [4.78, 5) is 0. The van der Waals surface area contributed by atoms with Gasteiger partial charge in [0, 0.05) is 0 Å². The van der Waals surface area contributed by atoms with E-state index in [-0.39, 0.29) is 44.1 Å². The normalized spacial score (nSPS) is 14.2. The molecule has 0 aromatic heterocycles. The molecule has 92 valence electrons. The molecule has 1 nitrogen and oxygen atoms in total. The molecule has 0 aliphatic heterocycles. The summed E-state index contributed by atoms with van der Waals surface area (Å²) in [6, 6.07) is 0. The number of hydrogen-bond acceptors (Lipinski definition) is 0. The molecule has 0 bridgehead atoms. The van der Waals surface area contributed by atoms with E-state index < -0.39 is 0 Å². The van der Waals surface area contributed by atoms with Gasteiger partial charge in [-0.1, -0.05) is 44.1 Å². The fraction of sp³-hybridized carbons (Fsp3) is 0.750. The molecule has 0 heterocycles. The zero-order chi connectivity index (χ0) is 12.1. The smallest absolute Gasteiger partial charge is 0.673 e. The van der Waals surface area contributed by atoms with Gasteiger partial charge in [0.1, 0.15) is 0 Å². The van der Waals surface area contributed by atoms with E-state index in [0.29, 0.717) is 0 Å². The maximum atomic E-state index is 4.48. The van der Waals surface area contributed by atoms with E-state index in [9.17, 15) is 0 Å². The Bertz CT molecular complexity index is 89.7. The molecule has 0 N–H and O–H groups in total. The second-order valence-electron chi connectivity index (χ2n) is 3.74. The molecule has 0 amide bonds. The predicted molar refractivity (Wildman–Crippen MR) is 76.4 cm³/mol. The molecule has 2 rings (SSSR count). The summed E-state index contributed by atoms with van der Waals surface area (Å²) in [5.74, 6) is 0. The Morgan fingerprint density at radius 3 is 1.00 bits per heavy atom. The molecule has 0 unspecified atom stereocenters. The minimum atomic E-state index is -0.264. The van der Waals surface area contributed by atoms with E-state index >= 15 is 0 Å². The summed E-state index contributed by atoms with van der Waals surface area (Å²) >= 11 is 0. The molecule has 4 heteroatoms. The van der Waals surface area contributed by atoms with Crippen molar-refractivity contribution in [2.45, 2.75) is 58.8 Å². The van der Waals surface area contributed by atoms with Crippen LogP contribution in [0.3, 0.4) is 0 Å². The molecule has 2 aliphatic rings. The molecule has 0 aromatic rings. The van der Waals surface area contributed by atoms with Crippen LogP contribution in [-0.4, -0.2) is 17.9 Å². The number of rotatable bonds is 2. The second-order valence-corrected chi connectivity index (χ2v) is 8.42. The van der Waals surface area contributed by atoms with Crippen LogP contribution in [0, 0.1) is 19.8 Å². The van der Waals surface area contributed by atoms with E-state index in [0.717, 1.165) is 0 Å². The summed E-state index contributed by atoms with van der Waals surface area (Å²) in [6.07, 6.45) is 10.0. The van der Waals surface area contributed by atoms with Crippen LogP contribution in [0.2, 0.25) is 26.2 Å². The van der Waals surface area contributed by atoms with Crippen molar-refractivity contribution in [1.29, 1.82) is 0 Å². The van der Waals surface area contributed by atoms with Crippen molar-refractivity contribution in [3.8, 4) is 0 Å². The summed E-state index contributed by atoms with van der Waals surface area (Å²) in [5.41, 5.74) is 0. The van der Waals surface area contributed by atoms with Crippen LogP contribution in [0.25, 0.3) is 4.65 Å². The molecule has 16 heavy (non-hydrogen) atoms. The molecule has 0 aromatic carbocycles. The Labute approximate surface area is 127 Å². The van der Waals surface area contributed by atoms with Gasteiger partial charge in [-0.3, -0.25) is 0 Å². The first-order chi connectivity index (χ1) is 7.13. The third-order valence-corrected chi connectivity index (χ3v) is 4.60. The Morgan fingerprint density at radius 2 is 1.00 bits per heavy atom. The fourth-order valence-electron chi connectivity index (χ4n) is 0.447. The van der Waals surface area contributed by atoms with Gasteiger partial charge in [-0.25, -0.2) is 25.7 Å². The monoisotopic (exact) mass is 331 g/mol. The Balaban J connectivity index is -0.000000156. The zero-order valence-corrected chi connectivity index (χ0v) is 16.1. The first kappa shape index (κ1) is 22.5. The van der Waals surface area contributed by atoms with Crippen LogP contribution in [0.5, 0.6) is 0 Å². The largest absolute Gasteiger partial charge is 4.00 e. The Morgan fingerprint density at radius 1 is 0.812 bits per heavy atom. The van der Waals surface area contributed by atoms with Crippen molar-refractivity contribution in [1.82, 2.24) is 0 Å². The molecule has 0 atom stereocenters. The van der Waals surface area contributed by atoms with Gasteiger partial charge in [0.15, 0.2) is 0 Å². The van der Waals surface area contributed by atoms with Gasteiger partial charge in [0.2, 0.25) is 0 Å². The van der Waals surface area contributed by atoms with Gasteiger partial charge in [-0.2, -0.15) is 6.92 Å². The van der Waals surface area contributed by atoms with E-state index in [1.54, 1.807) is 6.92 Å². The van der Waals surface area contributed by atoms with E-state index in [4.69, 9.17) is 0 Å². The van der Waals surface area contributed by atoms with Gasteiger partial charge < -0.3 is 24.4 Å². The summed E-state index contributed by atoms with van der Waals surface area (Å²) in [6.45, 7) is 13.9. The predicted octanol–water partition coefficient (Wildman–Crippen LogP) is 4.67. The maximum Gasteiger partial charge on any atom is 4.00 e. The van der Waals surface area contributed by atoms with Crippen molar-refractivity contribution in [2.24, 2.45) is 0 Å². The van der Waals surface area contributed by atoms with Crippen LogP contribution in [0.15, 0.2) is 0 Å². The average Bonchev–Trinajstić information content (AvgIpc) is 2.98. The average molecular weight is 333 g/mol. The van der Waals surface area contributed by atoms with Crippen LogP contribution >= 0.6 is 0 Å². The zero-order valence-electron chi connectivity index (χ0n) is 11.6. The van der Waals surface area contributed by atoms with E-state index in [2.05, 4.69) is 50.6 Å². The molecule has 2 fully saturated rings. The number of hydrogen-bond donors (Lipinski definition) is 0. The summed E-state index contributed by atoms with van der Waals surface area (Å²) < 4.78 is 4.48. The second kappa shape index (κ2) is 18.6. The number of nitrogens with zero attached hydrogens (tertiary/aromatic N) is 1. The quantitative estimate of drug-likeness (QED) is 0.515. The van der Waals surface area contributed by atoms with Gasteiger partial charge in [-0.15, -0.1) is 0 Å². The molecular formula is C12H27NSi2Zr. The third kappa shape index (κ3) is 58.8. The topological polar surface area (TPSA) is 14.1 Å². The van der Waals surface area contributed by atoms with Crippen molar-refractivity contribution in [3.05, 3.63) is 24.4 Å². The fourth-order valence-corrected chi connectivity index (χ4v) is 4.02. The summed E-state index contributed by atoms with van der Waals surface area (Å²) in [7, 11) is -0.528. The third-order valence-electron chi connectivity index (χ3n) is 1.02. The van der Waals surface area contributed by atoms with Gasteiger partial charge in [-0.05, 0) is 0 Å². The first-order valence-corrected chi connectivity index (χ1v) is 10.7. The SMILES string of the molecule is C[Si](C)[N-][Si](C)C.[CH-]1CC1.[CH-]1CC1.[CH2-]C.[Zr+4]. The van der Waals surface area contributed by atoms with E-state index in [1.165, 1.54) is 25.7 Å². The van der Waals surface area contributed by atoms with E-state index in [1.807, 2.05) is 0 Å². The molecule has 0 saturated heterocycles. The molecule has 0 spiro atoms. The molecule has 2 aliphatic carbocycles. The first-order valence-electron chi connectivity index (χ1n) is 5.79. The Kier molecular flexibility index (Phi) is 26.2.